The summed E-state index contributed by atoms with van der Waals surface area (Å²) in [6.07, 6.45) is 4.03. The minimum absolute atomic E-state index is 0.285. The monoisotopic (exact) mass is 200 g/mol. The lowest BCUT2D eigenvalue weighted by Gasteiger charge is -2.32. The number of likely N-dealkylation sites (N-methyl/N-ethyl adjacent to an activating group) is 1. The standard InChI is InChI=1S/C11H24N2O/c1-10(9-14)7-12-8-11-5-3-4-6-13(11)2/h10-12,14H,3-9H2,1-2H3. The van der Waals surface area contributed by atoms with Gasteiger partial charge in [0.15, 0.2) is 0 Å². The minimum Gasteiger partial charge on any atom is -0.396 e. The zero-order valence-corrected chi connectivity index (χ0v) is 9.50. The van der Waals surface area contributed by atoms with Crippen LogP contribution in [0.3, 0.4) is 0 Å². The van der Waals surface area contributed by atoms with E-state index in [9.17, 15) is 0 Å². The molecule has 84 valence electrons. The predicted octanol–water partition coefficient (Wildman–Crippen LogP) is 0.689. The Morgan fingerprint density at radius 2 is 2.29 bits per heavy atom. The lowest BCUT2D eigenvalue weighted by molar-refractivity contribution is 0.175. The molecule has 2 unspecified atom stereocenters. The zero-order valence-electron chi connectivity index (χ0n) is 9.50. The summed E-state index contributed by atoms with van der Waals surface area (Å²) >= 11 is 0. The molecule has 1 fully saturated rings. The summed E-state index contributed by atoms with van der Waals surface area (Å²) in [7, 11) is 2.21. The highest BCUT2D eigenvalue weighted by Gasteiger charge is 2.17. The van der Waals surface area contributed by atoms with Gasteiger partial charge in [0.05, 0.1) is 0 Å². The SMILES string of the molecule is CC(CO)CNCC1CCCCN1C. The summed E-state index contributed by atoms with van der Waals surface area (Å²) in [4.78, 5) is 2.44. The fourth-order valence-corrected chi connectivity index (χ4v) is 1.96. The molecule has 0 radical (unpaired) electrons. The number of piperidine rings is 1. The lowest BCUT2D eigenvalue weighted by atomic mass is 10.0. The number of hydrogen-bond donors (Lipinski definition) is 2. The van der Waals surface area contributed by atoms with Crippen LogP contribution in [0.2, 0.25) is 0 Å². The van der Waals surface area contributed by atoms with Crippen molar-refractivity contribution in [2.45, 2.75) is 32.2 Å². The number of hydrogen-bond acceptors (Lipinski definition) is 3. The molecule has 1 aliphatic heterocycles. The molecule has 2 N–H and O–H groups in total. The van der Waals surface area contributed by atoms with Crippen LogP contribution >= 0.6 is 0 Å². The fraction of sp³-hybridized carbons (Fsp3) is 1.00. The molecule has 14 heavy (non-hydrogen) atoms. The smallest absolute Gasteiger partial charge is 0.0468 e. The first-order valence-corrected chi connectivity index (χ1v) is 5.76. The van der Waals surface area contributed by atoms with Crippen molar-refractivity contribution >= 4 is 0 Å². The van der Waals surface area contributed by atoms with E-state index in [0.29, 0.717) is 12.0 Å². The van der Waals surface area contributed by atoms with Crippen LogP contribution in [0.1, 0.15) is 26.2 Å². The third-order valence-corrected chi connectivity index (χ3v) is 3.11. The van der Waals surface area contributed by atoms with E-state index in [-0.39, 0.29) is 6.61 Å². The van der Waals surface area contributed by atoms with Crippen molar-refractivity contribution in [3.8, 4) is 0 Å². The van der Waals surface area contributed by atoms with E-state index in [1.54, 1.807) is 0 Å². The number of rotatable bonds is 5. The van der Waals surface area contributed by atoms with Crippen molar-refractivity contribution in [2.75, 3.05) is 33.3 Å². The molecule has 1 aliphatic rings. The number of nitrogens with one attached hydrogen (secondary N) is 1. The number of aliphatic hydroxyl groups is 1. The second-order valence-corrected chi connectivity index (χ2v) is 4.58. The van der Waals surface area contributed by atoms with Crippen LogP contribution in [0.5, 0.6) is 0 Å². The molecule has 1 saturated heterocycles. The minimum atomic E-state index is 0.285. The maximum absolute atomic E-state index is 8.87. The first-order chi connectivity index (χ1) is 6.74. The maximum atomic E-state index is 8.87. The largest absolute Gasteiger partial charge is 0.396 e. The molecule has 2 atom stereocenters. The molecular formula is C11H24N2O. The molecule has 1 rings (SSSR count). The van der Waals surface area contributed by atoms with Crippen molar-refractivity contribution in [3.05, 3.63) is 0 Å². The molecule has 0 aliphatic carbocycles. The predicted molar refractivity (Wildman–Crippen MR) is 59.4 cm³/mol. The Hall–Kier alpha value is -0.120. The van der Waals surface area contributed by atoms with Gasteiger partial charge in [-0.05, 0) is 38.9 Å². The number of likely N-dealkylation sites (tertiary alicyclic amines) is 1. The van der Waals surface area contributed by atoms with Gasteiger partial charge in [0, 0.05) is 19.2 Å². The average Bonchev–Trinajstić information content (AvgIpc) is 2.20. The van der Waals surface area contributed by atoms with Gasteiger partial charge in [-0.3, -0.25) is 0 Å². The Labute approximate surface area is 87.5 Å². The molecule has 3 heteroatoms. The van der Waals surface area contributed by atoms with E-state index < -0.39 is 0 Å². The molecule has 0 amide bonds. The quantitative estimate of drug-likeness (QED) is 0.685. The van der Waals surface area contributed by atoms with Crippen molar-refractivity contribution in [1.29, 1.82) is 0 Å². The van der Waals surface area contributed by atoms with Gasteiger partial charge < -0.3 is 15.3 Å². The summed E-state index contributed by atoms with van der Waals surface area (Å²) in [6, 6.07) is 0.703. The summed E-state index contributed by atoms with van der Waals surface area (Å²) in [5.74, 6) is 0.379. The molecule has 3 nitrogen and oxygen atoms in total. The Kier molecular flexibility index (Phi) is 5.45. The van der Waals surface area contributed by atoms with Gasteiger partial charge in [0.1, 0.15) is 0 Å². The third-order valence-electron chi connectivity index (χ3n) is 3.11. The summed E-state index contributed by atoms with van der Waals surface area (Å²) in [5.41, 5.74) is 0. The zero-order chi connectivity index (χ0) is 10.4. The third kappa shape index (κ3) is 3.95. The van der Waals surface area contributed by atoms with Crippen molar-refractivity contribution in [1.82, 2.24) is 10.2 Å². The molecular weight excluding hydrogens is 176 g/mol. The molecule has 0 aromatic carbocycles. The van der Waals surface area contributed by atoms with Gasteiger partial charge in [-0.1, -0.05) is 13.3 Å². The molecule has 1 heterocycles. The summed E-state index contributed by atoms with van der Waals surface area (Å²) in [5, 5.41) is 12.3. The Bertz CT molecular complexity index is 152. The topological polar surface area (TPSA) is 35.5 Å². The summed E-state index contributed by atoms with van der Waals surface area (Å²) < 4.78 is 0. The molecule has 0 spiro atoms. The second-order valence-electron chi connectivity index (χ2n) is 4.58. The van der Waals surface area contributed by atoms with Gasteiger partial charge >= 0.3 is 0 Å². The Morgan fingerprint density at radius 3 is 2.93 bits per heavy atom. The van der Waals surface area contributed by atoms with E-state index in [2.05, 4.69) is 24.2 Å². The van der Waals surface area contributed by atoms with Crippen molar-refractivity contribution in [2.24, 2.45) is 5.92 Å². The Balaban J connectivity index is 2.10. The normalized spacial score (nSPS) is 26.4. The van der Waals surface area contributed by atoms with E-state index in [0.717, 1.165) is 13.1 Å². The fourth-order valence-electron chi connectivity index (χ4n) is 1.96. The van der Waals surface area contributed by atoms with Gasteiger partial charge in [-0.2, -0.15) is 0 Å². The molecule has 0 aromatic rings. The highest BCUT2D eigenvalue weighted by atomic mass is 16.3. The number of aliphatic hydroxyl groups excluding tert-OH is 1. The van der Waals surface area contributed by atoms with Gasteiger partial charge in [0.25, 0.3) is 0 Å². The molecule has 0 bridgehead atoms. The van der Waals surface area contributed by atoms with Crippen LogP contribution in [0.15, 0.2) is 0 Å². The lowest BCUT2D eigenvalue weighted by Crippen LogP contribution is -2.44. The van der Waals surface area contributed by atoms with Gasteiger partial charge in [0.2, 0.25) is 0 Å². The van der Waals surface area contributed by atoms with E-state index in [4.69, 9.17) is 5.11 Å². The summed E-state index contributed by atoms with van der Waals surface area (Å²) in [6.45, 7) is 5.59. The van der Waals surface area contributed by atoms with Gasteiger partial charge in [-0.25, -0.2) is 0 Å². The first kappa shape index (κ1) is 12.0. The molecule has 0 aromatic heterocycles. The van der Waals surface area contributed by atoms with Crippen molar-refractivity contribution in [3.63, 3.8) is 0 Å². The van der Waals surface area contributed by atoms with Gasteiger partial charge in [-0.15, -0.1) is 0 Å². The van der Waals surface area contributed by atoms with E-state index >= 15 is 0 Å². The van der Waals surface area contributed by atoms with E-state index in [1.165, 1.54) is 25.8 Å². The van der Waals surface area contributed by atoms with E-state index in [1.807, 2.05) is 0 Å². The van der Waals surface area contributed by atoms with Crippen LogP contribution in [0.4, 0.5) is 0 Å². The second kappa shape index (κ2) is 6.38. The van der Waals surface area contributed by atoms with Crippen LogP contribution in [-0.2, 0) is 0 Å². The van der Waals surface area contributed by atoms with Crippen LogP contribution in [-0.4, -0.2) is 49.3 Å². The maximum Gasteiger partial charge on any atom is 0.0468 e. The Morgan fingerprint density at radius 1 is 1.50 bits per heavy atom. The first-order valence-electron chi connectivity index (χ1n) is 5.76. The van der Waals surface area contributed by atoms with Crippen LogP contribution in [0.25, 0.3) is 0 Å². The van der Waals surface area contributed by atoms with Crippen LogP contribution < -0.4 is 5.32 Å². The number of nitrogens with zero attached hydrogens (tertiary/aromatic N) is 1. The van der Waals surface area contributed by atoms with Crippen molar-refractivity contribution < 1.29 is 5.11 Å². The highest BCUT2D eigenvalue weighted by molar-refractivity contribution is 4.76. The molecule has 0 saturated carbocycles. The average molecular weight is 200 g/mol. The van der Waals surface area contributed by atoms with Crippen LogP contribution in [0, 0.1) is 5.92 Å². The highest BCUT2D eigenvalue weighted by Crippen LogP contribution is 2.13.